The Hall–Kier alpha value is -7.84. The number of nitrogens with zero attached hydrogens (tertiary/aromatic N) is 7. The highest BCUT2D eigenvalue weighted by Crippen LogP contribution is 2.32. The Kier molecular flexibility index (Phi) is 27.6. The molecule has 0 bridgehead atoms. The molecule has 0 radical (unpaired) electrons. The minimum absolute atomic E-state index is 0.0939. The van der Waals surface area contributed by atoms with Gasteiger partial charge in [-0.1, -0.05) is 0 Å². The maximum atomic E-state index is 14.7. The highest BCUT2D eigenvalue weighted by molar-refractivity contribution is 5.79. The molecule has 26 heteroatoms. The zero-order valence-electron chi connectivity index (χ0n) is 58.3. The summed E-state index contributed by atoms with van der Waals surface area (Å²) in [5, 5.41) is 30.9. The second kappa shape index (κ2) is 33.7. The summed E-state index contributed by atoms with van der Waals surface area (Å²) in [4.78, 5) is 60.7. The largest absolute Gasteiger partial charge is 0.508 e. The van der Waals surface area contributed by atoms with Crippen molar-refractivity contribution in [3.8, 4) is 23.0 Å². The lowest BCUT2D eigenvalue weighted by Gasteiger charge is -2.37. The first kappa shape index (κ1) is 77.9. The van der Waals surface area contributed by atoms with E-state index in [4.69, 9.17) is 38.3 Å². The number of carbonyl (C=O) groups excluding carboxylic acids is 4. The number of phenolic OH excluding ortho intramolecular Hbond substituents is 1. The van der Waals surface area contributed by atoms with Gasteiger partial charge in [0, 0.05) is 129 Å². The lowest BCUT2D eigenvalue weighted by Crippen LogP contribution is -2.50. The number of amides is 3. The molecule has 4 aliphatic heterocycles. The molecule has 4 heterocycles. The van der Waals surface area contributed by atoms with Gasteiger partial charge in [0.2, 0.25) is 0 Å². The van der Waals surface area contributed by atoms with Gasteiger partial charge >= 0.3 is 24.2 Å². The predicted molar refractivity (Wildman–Crippen MR) is 357 cm³/mol. The second-order valence-electron chi connectivity index (χ2n) is 27.9. The smallest absolute Gasteiger partial charge is 0.410 e. The van der Waals surface area contributed by atoms with E-state index in [1.165, 1.54) is 24.3 Å². The van der Waals surface area contributed by atoms with Crippen LogP contribution in [0.5, 0.6) is 23.0 Å². The first-order chi connectivity index (χ1) is 44.2. The number of hydrogen-bond acceptors (Lipinski definition) is 19. The molecule has 4 N–H and O–H groups in total. The van der Waals surface area contributed by atoms with Crippen LogP contribution >= 0.6 is 0 Å². The molecule has 0 aliphatic carbocycles. The van der Waals surface area contributed by atoms with E-state index < -0.39 is 51.2 Å². The third-order valence-corrected chi connectivity index (χ3v) is 14.7. The van der Waals surface area contributed by atoms with Gasteiger partial charge in [-0.05, 0) is 159 Å². The van der Waals surface area contributed by atoms with Gasteiger partial charge in [0.15, 0.2) is 5.60 Å². The van der Waals surface area contributed by atoms with Crippen LogP contribution in [0, 0.1) is 23.3 Å². The Morgan fingerprint density at radius 3 is 0.979 bits per heavy atom. The molecule has 95 heavy (non-hydrogen) atoms. The molecule has 0 atom stereocenters. The number of esters is 1. The number of rotatable bonds is 14. The van der Waals surface area contributed by atoms with Crippen molar-refractivity contribution >= 4 is 47.0 Å². The van der Waals surface area contributed by atoms with E-state index in [0.29, 0.717) is 113 Å². The van der Waals surface area contributed by atoms with E-state index in [0.717, 1.165) is 32.2 Å². The van der Waals surface area contributed by atoms with Gasteiger partial charge in [-0.15, -0.1) is 0 Å². The number of carbonyl (C=O) groups is 4. The van der Waals surface area contributed by atoms with Crippen LogP contribution in [0.1, 0.15) is 111 Å². The number of aliphatic hydroxyl groups excluding tert-OH is 2. The summed E-state index contributed by atoms with van der Waals surface area (Å²) in [5.74, 6) is -1.13. The number of aromatic hydroxyl groups is 1. The number of nitrogens with one attached hydrogen (secondary N) is 1. The monoisotopic (exact) mass is 1340 g/mol. The quantitative estimate of drug-likeness (QED) is 0.0523. The Morgan fingerprint density at radius 2 is 0.705 bits per heavy atom. The Labute approximate surface area is 557 Å². The lowest BCUT2D eigenvalue weighted by molar-refractivity contribution is -0.158. The fourth-order valence-electron chi connectivity index (χ4n) is 9.79. The average molecular weight is 1340 g/mol. The summed E-state index contributed by atoms with van der Waals surface area (Å²) >= 11 is 0. The fourth-order valence-corrected chi connectivity index (χ4v) is 9.79. The SMILES string of the molecule is CC(C)(C)OC(=O)N1CCN(c2ccc(O)cc2F)CC1.CC(C)(C)OC(=O)N1CCN(c2ccc(OC(C)(C)CO)cc2F)CC1.CC(C)(CO)Oc1ccc(N2CCNCC2)c(F)c1.CCOC(=O)C(C)(C)Oc1ccc(N2CCN(C(=O)OC(C)(C)C)CC2)c(F)c1. The van der Waals surface area contributed by atoms with E-state index in [-0.39, 0.29) is 61.2 Å². The van der Waals surface area contributed by atoms with Crippen LogP contribution in [0.2, 0.25) is 0 Å². The number of halogens is 4. The third-order valence-electron chi connectivity index (χ3n) is 14.7. The van der Waals surface area contributed by atoms with E-state index in [2.05, 4.69) is 5.32 Å². The van der Waals surface area contributed by atoms with E-state index in [1.807, 2.05) is 81.9 Å². The molecule has 8 rings (SSSR count). The van der Waals surface area contributed by atoms with Crippen LogP contribution in [0.25, 0.3) is 0 Å². The fraction of sp³-hybridized carbons (Fsp3) is 0.594. The average Bonchev–Trinajstić information content (AvgIpc) is 1.08. The van der Waals surface area contributed by atoms with Gasteiger partial charge in [-0.2, -0.15) is 0 Å². The topological polar surface area (TPSA) is 228 Å². The minimum atomic E-state index is -1.22. The zero-order valence-corrected chi connectivity index (χ0v) is 58.3. The molecular formula is C69H102F4N8O14. The number of phenols is 1. The molecule has 0 saturated carbocycles. The Balaban J connectivity index is 0.000000232. The summed E-state index contributed by atoms with van der Waals surface area (Å²) in [5.41, 5.74) is -2.34. The second-order valence-corrected chi connectivity index (χ2v) is 27.9. The highest BCUT2D eigenvalue weighted by Gasteiger charge is 2.34. The number of hydrogen-bond donors (Lipinski definition) is 4. The van der Waals surface area contributed by atoms with Gasteiger partial charge in [0.1, 0.15) is 74.3 Å². The van der Waals surface area contributed by atoms with Gasteiger partial charge in [-0.25, -0.2) is 36.7 Å². The third kappa shape index (κ3) is 25.3. The molecule has 4 fully saturated rings. The molecule has 4 saturated heterocycles. The summed E-state index contributed by atoms with van der Waals surface area (Å²) < 4.78 is 94.9. The van der Waals surface area contributed by atoms with E-state index >= 15 is 0 Å². The summed E-state index contributed by atoms with van der Waals surface area (Å²) in [6, 6.07) is 18.2. The maximum absolute atomic E-state index is 14.7. The van der Waals surface area contributed by atoms with Gasteiger partial charge in [0.05, 0.1) is 42.6 Å². The highest BCUT2D eigenvalue weighted by atomic mass is 19.1. The molecule has 22 nitrogen and oxygen atoms in total. The van der Waals surface area contributed by atoms with Crippen LogP contribution in [-0.2, 0) is 23.7 Å². The van der Waals surface area contributed by atoms with Crippen LogP contribution in [-0.4, -0.2) is 212 Å². The summed E-state index contributed by atoms with van der Waals surface area (Å²) in [7, 11) is 0. The molecule has 3 amide bonds. The Morgan fingerprint density at radius 1 is 0.421 bits per heavy atom. The number of aliphatic hydroxyl groups is 2. The number of ether oxygens (including phenoxy) is 7. The molecule has 530 valence electrons. The van der Waals surface area contributed by atoms with Crippen molar-refractivity contribution in [3.05, 3.63) is 96.1 Å². The first-order valence-corrected chi connectivity index (χ1v) is 32.2. The Bertz CT molecular complexity index is 3140. The van der Waals surface area contributed by atoms with Crippen LogP contribution in [0.4, 0.5) is 54.7 Å². The van der Waals surface area contributed by atoms with Crippen LogP contribution in [0.15, 0.2) is 72.8 Å². The van der Waals surface area contributed by atoms with Gasteiger partial charge in [0.25, 0.3) is 0 Å². The maximum Gasteiger partial charge on any atom is 0.410 e. The van der Waals surface area contributed by atoms with Crippen LogP contribution in [0.3, 0.4) is 0 Å². The lowest BCUT2D eigenvalue weighted by atomic mass is 10.1. The van der Waals surface area contributed by atoms with Crippen molar-refractivity contribution in [1.82, 2.24) is 20.0 Å². The standard InChI is InChI=1S/C21H31FN2O5.C19H29FN2O4.C15H21FN2O3.C14H21FN2O2/c1-7-27-18(25)21(5,6)28-15-8-9-17(16(22)14-15)23-10-12-24(13-11-23)19(26)29-20(2,3)4;1-18(2,3)26-17(24)22-10-8-21(9-11-22)16-7-6-14(12-15(16)20)25-19(4,5)13-23;1-15(2,3)21-14(20)18-8-6-17(7-9-18)13-5-4-11(19)10-12(13)16;1-14(2,10-18)19-11-3-4-13(12(15)9-11)17-7-5-16-6-8-17/h8-9,14H,7,10-13H2,1-6H3;6-7,12,23H,8-11,13H2,1-5H3;4-5,10,19H,6-9H2,1-3H3;3-4,9,16,18H,5-8,10H2,1-2H3. The van der Waals surface area contributed by atoms with Crippen molar-refractivity contribution in [2.75, 3.05) is 144 Å². The normalized spacial score (nSPS) is 15.8. The molecule has 0 spiro atoms. The molecular weight excluding hydrogens is 1240 g/mol. The zero-order chi connectivity index (χ0) is 70.9. The minimum Gasteiger partial charge on any atom is -0.508 e. The molecule has 0 unspecified atom stereocenters. The number of anilines is 4. The van der Waals surface area contributed by atoms with Crippen molar-refractivity contribution in [2.45, 2.75) is 144 Å². The van der Waals surface area contributed by atoms with E-state index in [9.17, 15) is 47.0 Å². The van der Waals surface area contributed by atoms with Crippen molar-refractivity contribution in [3.63, 3.8) is 0 Å². The molecule has 4 aliphatic rings. The van der Waals surface area contributed by atoms with Gasteiger partial charge < -0.3 is 88.1 Å². The number of benzene rings is 4. The van der Waals surface area contributed by atoms with Crippen molar-refractivity contribution in [1.29, 1.82) is 0 Å². The van der Waals surface area contributed by atoms with Gasteiger partial charge in [-0.3, -0.25) is 0 Å². The summed E-state index contributed by atoms with van der Waals surface area (Å²) in [6.07, 6.45) is -1.04. The first-order valence-electron chi connectivity index (χ1n) is 32.2. The van der Waals surface area contributed by atoms with E-state index in [1.54, 1.807) is 106 Å². The number of piperazine rings is 4. The predicted octanol–water partition coefficient (Wildman–Crippen LogP) is 10.6. The summed E-state index contributed by atoms with van der Waals surface area (Å²) in [6.45, 7) is 37.5. The molecule has 0 aromatic heterocycles. The van der Waals surface area contributed by atoms with Crippen molar-refractivity contribution < 1.29 is 85.2 Å². The molecule has 4 aromatic rings. The van der Waals surface area contributed by atoms with Crippen LogP contribution < -0.4 is 39.1 Å². The van der Waals surface area contributed by atoms with Crippen molar-refractivity contribution in [2.24, 2.45) is 0 Å². The molecule has 4 aromatic carbocycles.